The fraction of sp³-hybridized carbons (Fsp3) is 0.429. The number of aromatic nitrogens is 2. The average Bonchev–Trinajstić information content (AvgIpc) is 2.70. The number of amides is 1. The second-order valence-electron chi connectivity index (χ2n) is 4.62. The van der Waals surface area contributed by atoms with E-state index in [2.05, 4.69) is 10.3 Å². The number of hydrogen-bond acceptors (Lipinski definition) is 3. The highest BCUT2D eigenvalue weighted by Gasteiger charge is 2.12. The van der Waals surface area contributed by atoms with E-state index >= 15 is 0 Å². The lowest BCUT2D eigenvalue weighted by molar-refractivity contribution is -0.117. The standard InChI is InChI=1S/C14H20N4O/c1-5-15-9-14(19)18(4)11-6-7-13-12(8-11)16-10(2)17(13)3/h6-8,15H,5,9H2,1-4H3. The molecule has 2 rings (SSSR count). The third-order valence-corrected chi connectivity index (χ3v) is 3.38. The molecule has 0 aliphatic heterocycles. The van der Waals surface area contributed by atoms with Crippen molar-refractivity contribution in [2.45, 2.75) is 13.8 Å². The van der Waals surface area contributed by atoms with Crippen LogP contribution < -0.4 is 10.2 Å². The first kappa shape index (κ1) is 13.5. The molecule has 0 unspecified atom stereocenters. The number of hydrogen-bond donors (Lipinski definition) is 1. The van der Waals surface area contributed by atoms with Crippen molar-refractivity contribution in [3.05, 3.63) is 24.0 Å². The number of aryl methyl sites for hydroxylation is 2. The molecule has 0 saturated heterocycles. The molecule has 1 N–H and O–H groups in total. The number of likely N-dealkylation sites (N-methyl/N-ethyl adjacent to an activating group) is 2. The molecule has 1 heterocycles. The Morgan fingerprint density at radius 1 is 1.47 bits per heavy atom. The Morgan fingerprint density at radius 2 is 2.21 bits per heavy atom. The normalized spacial score (nSPS) is 10.9. The molecule has 5 nitrogen and oxygen atoms in total. The lowest BCUT2D eigenvalue weighted by Crippen LogP contribution is -2.35. The van der Waals surface area contributed by atoms with Crippen LogP contribution in [-0.4, -0.2) is 35.6 Å². The van der Waals surface area contributed by atoms with Gasteiger partial charge < -0.3 is 14.8 Å². The van der Waals surface area contributed by atoms with Gasteiger partial charge in [-0.15, -0.1) is 0 Å². The number of carbonyl (C=O) groups is 1. The van der Waals surface area contributed by atoms with E-state index in [0.29, 0.717) is 6.54 Å². The van der Waals surface area contributed by atoms with Crippen molar-refractivity contribution < 1.29 is 4.79 Å². The minimum absolute atomic E-state index is 0.0499. The molecule has 2 aromatic rings. The van der Waals surface area contributed by atoms with Crippen molar-refractivity contribution in [1.82, 2.24) is 14.9 Å². The SMILES string of the molecule is CCNCC(=O)N(C)c1ccc2c(c1)nc(C)n2C. The molecule has 0 aliphatic carbocycles. The molecular weight excluding hydrogens is 240 g/mol. The number of nitrogens with zero attached hydrogens (tertiary/aromatic N) is 3. The molecule has 102 valence electrons. The summed E-state index contributed by atoms with van der Waals surface area (Å²) < 4.78 is 2.04. The van der Waals surface area contributed by atoms with Crippen molar-refractivity contribution >= 4 is 22.6 Å². The van der Waals surface area contributed by atoms with Crippen LogP contribution in [0.25, 0.3) is 11.0 Å². The Balaban J connectivity index is 2.28. The van der Waals surface area contributed by atoms with Crippen molar-refractivity contribution in [2.24, 2.45) is 7.05 Å². The number of imidazole rings is 1. The highest BCUT2D eigenvalue weighted by molar-refractivity contribution is 5.96. The molecule has 0 saturated carbocycles. The number of carbonyl (C=O) groups excluding carboxylic acids is 1. The zero-order chi connectivity index (χ0) is 14.0. The van der Waals surface area contributed by atoms with E-state index in [-0.39, 0.29) is 5.91 Å². The molecule has 5 heteroatoms. The van der Waals surface area contributed by atoms with Gasteiger partial charge in [-0.2, -0.15) is 0 Å². The van der Waals surface area contributed by atoms with Crippen molar-refractivity contribution in [3.63, 3.8) is 0 Å². The first-order valence-corrected chi connectivity index (χ1v) is 6.45. The van der Waals surface area contributed by atoms with Crippen molar-refractivity contribution in [1.29, 1.82) is 0 Å². The molecule has 0 fully saturated rings. The predicted molar refractivity (Wildman–Crippen MR) is 77.4 cm³/mol. The number of rotatable bonds is 4. The minimum atomic E-state index is 0.0499. The first-order valence-electron chi connectivity index (χ1n) is 6.45. The van der Waals surface area contributed by atoms with Gasteiger partial charge in [-0.1, -0.05) is 6.92 Å². The molecule has 19 heavy (non-hydrogen) atoms. The third kappa shape index (κ3) is 2.61. The maximum atomic E-state index is 11.9. The molecule has 0 atom stereocenters. The molecular formula is C14H20N4O. The summed E-state index contributed by atoms with van der Waals surface area (Å²) in [5, 5.41) is 3.04. The first-order chi connectivity index (χ1) is 9.04. The van der Waals surface area contributed by atoms with Crippen LogP contribution >= 0.6 is 0 Å². The van der Waals surface area contributed by atoms with Crippen LogP contribution in [0.3, 0.4) is 0 Å². The van der Waals surface area contributed by atoms with E-state index in [4.69, 9.17) is 0 Å². The van der Waals surface area contributed by atoms with E-state index in [1.54, 1.807) is 11.9 Å². The van der Waals surface area contributed by atoms with Gasteiger partial charge in [0.1, 0.15) is 5.82 Å². The number of benzene rings is 1. The average molecular weight is 260 g/mol. The van der Waals surface area contributed by atoms with Crippen LogP contribution in [0.5, 0.6) is 0 Å². The number of anilines is 1. The van der Waals surface area contributed by atoms with Crippen LogP contribution in [0.1, 0.15) is 12.7 Å². The predicted octanol–water partition coefficient (Wildman–Crippen LogP) is 1.45. The highest BCUT2D eigenvalue weighted by atomic mass is 16.2. The topological polar surface area (TPSA) is 50.2 Å². The second-order valence-corrected chi connectivity index (χ2v) is 4.62. The largest absolute Gasteiger partial charge is 0.331 e. The highest BCUT2D eigenvalue weighted by Crippen LogP contribution is 2.21. The summed E-state index contributed by atoms with van der Waals surface area (Å²) in [5.74, 6) is 1.02. The van der Waals surface area contributed by atoms with Gasteiger partial charge in [0.2, 0.25) is 5.91 Å². The van der Waals surface area contributed by atoms with Crippen LogP contribution in [0.4, 0.5) is 5.69 Å². The summed E-state index contributed by atoms with van der Waals surface area (Å²) in [7, 11) is 3.78. The summed E-state index contributed by atoms with van der Waals surface area (Å²) in [6.45, 7) is 5.10. The number of fused-ring (bicyclic) bond motifs is 1. The third-order valence-electron chi connectivity index (χ3n) is 3.38. The fourth-order valence-corrected chi connectivity index (χ4v) is 2.01. The van der Waals surface area contributed by atoms with Gasteiger partial charge in [0.25, 0.3) is 0 Å². The van der Waals surface area contributed by atoms with Gasteiger partial charge in [0, 0.05) is 19.8 Å². The van der Waals surface area contributed by atoms with E-state index in [1.165, 1.54) is 0 Å². The molecule has 0 radical (unpaired) electrons. The molecule has 1 aromatic heterocycles. The van der Waals surface area contributed by atoms with Gasteiger partial charge in [0.15, 0.2) is 0 Å². The van der Waals surface area contributed by atoms with Gasteiger partial charge in [-0.05, 0) is 31.7 Å². The minimum Gasteiger partial charge on any atom is -0.331 e. The summed E-state index contributed by atoms with van der Waals surface area (Å²) in [5.41, 5.74) is 2.86. The zero-order valence-electron chi connectivity index (χ0n) is 11.9. The smallest absolute Gasteiger partial charge is 0.240 e. The lowest BCUT2D eigenvalue weighted by Gasteiger charge is -2.17. The maximum absolute atomic E-state index is 11.9. The summed E-state index contributed by atoms with van der Waals surface area (Å²) in [6, 6.07) is 5.90. The summed E-state index contributed by atoms with van der Waals surface area (Å²) in [4.78, 5) is 18.1. The van der Waals surface area contributed by atoms with Gasteiger partial charge in [-0.3, -0.25) is 4.79 Å². The van der Waals surface area contributed by atoms with Crippen molar-refractivity contribution in [2.75, 3.05) is 25.0 Å². The van der Waals surface area contributed by atoms with Gasteiger partial charge in [-0.25, -0.2) is 4.98 Å². The quantitative estimate of drug-likeness (QED) is 0.905. The van der Waals surface area contributed by atoms with Crippen LogP contribution in [0.2, 0.25) is 0 Å². The summed E-state index contributed by atoms with van der Waals surface area (Å²) >= 11 is 0. The van der Waals surface area contributed by atoms with E-state index in [0.717, 1.165) is 29.1 Å². The van der Waals surface area contributed by atoms with E-state index < -0.39 is 0 Å². The van der Waals surface area contributed by atoms with Gasteiger partial charge in [0.05, 0.1) is 17.6 Å². The fourth-order valence-electron chi connectivity index (χ4n) is 2.01. The van der Waals surface area contributed by atoms with Crippen LogP contribution in [0.15, 0.2) is 18.2 Å². The van der Waals surface area contributed by atoms with Gasteiger partial charge >= 0.3 is 0 Å². The Morgan fingerprint density at radius 3 is 2.89 bits per heavy atom. The van der Waals surface area contributed by atoms with E-state index in [1.807, 2.05) is 43.7 Å². The Hall–Kier alpha value is -1.88. The van der Waals surface area contributed by atoms with E-state index in [9.17, 15) is 4.79 Å². The Labute approximate surface area is 113 Å². The molecule has 1 amide bonds. The Bertz CT molecular complexity index is 603. The van der Waals surface area contributed by atoms with Crippen molar-refractivity contribution in [3.8, 4) is 0 Å². The summed E-state index contributed by atoms with van der Waals surface area (Å²) in [6.07, 6.45) is 0. The Kier molecular flexibility index (Phi) is 3.85. The maximum Gasteiger partial charge on any atom is 0.240 e. The molecule has 0 bridgehead atoms. The van der Waals surface area contributed by atoms with Crippen LogP contribution in [0, 0.1) is 6.92 Å². The number of nitrogens with one attached hydrogen (secondary N) is 1. The second kappa shape index (κ2) is 5.40. The monoisotopic (exact) mass is 260 g/mol. The molecule has 0 spiro atoms. The molecule has 0 aliphatic rings. The lowest BCUT2D eigenvalue weighted by atomic mass is 10.2. The van der Waals surface area contributed by atoms with Crippen LogP contribution in [-0.2, 0) is 11.8 Å². The zero-order valence-corrected chi connectivity index (χ0v) is 11.9. The molecule has 1 aromatic carbocycles.